The highest BCUT2D eigenvalue weighted by Crippen LogP contribution is 2.25. The molecule has 1 aromatic carbocycles. The van der Waals surface area contributed by atoms with E-state index in [0.29, 0.717) is 18.2 Å². The number of hydrogen-bond acceptors (Lipinski definition) is 3. The fourth-order valence-corrected chi connectivity index (χ4v) is 3.02. The molecule has 1 aromatic heterocycles. The fourth-order valence-electron chi connectivity index (χ4n) is 2.36. The zero-order valence-electron chi connectivity index (χ0n) is 12.9. The van der Waals surface area contributed by atoms with Crippen LogP contribution >= 0.6 is 11.3 Å². The van der Waals surface area contributed by atoms with Crippen molar-refractivity contribution in [1.82, 2.24) is 5.32 Å². The van der Waals surface area contributed by atoms with Crippen LogP contribution in [0.1, 0.15) is 25.0 Å². The van der Waals surface area contributed by atoms with Crippen molar-refractivity contribution < 1.29 is 4.39 Å². The molecule has 1 heterocycles. The van der Waals surface area contributed by atoms with Crippen molar-refractivity contribution >= 4 is 17.0 Å². The van der Waals surface area contributed by atoms with Crippen LogP contribution in [0.25, 0.3) is 0 Å². The smallest absolute Gasteiger partial charge is 0.146 e. The molecule has 0 radical (unpaired) electrons. The van der Waals surface area contributed by atoms with Crippen molar-refractivity contribution in [2.24, 2.45) is 5.92 Å². The number of thiophene rings is 1. The molecule has 0 aliphatic rings. The van der Waals surface area contributed by atoms with Crippen LogP contribution in [0.4, 0.5) is 10.1 Å². The Kier molecular flexibility index (Phi) is 5.76. The number of para-hydroxylation sites is 1. The zero-order chi connectivity index (χ0) is 15.2. The third kappa shape index (κ3) is 4.55. The molecule has 0 aliphatic carbocycles. The molecule has 0 amide bonds. The van der Waals surface area contributed by atoms with Gasteiger partial charge in [-0.3, -0.25) is 0 Å². The highest BCUT2D eigenvalue weighted by Gasteiger charge is 2.13. The van der Waals surface area contributed by atoms with Crippen LogP contribution in [0, 0.1) is 11.7 Å². The van der Waals surface area contributed by atoms with Crippen LogP contribution in [0.15, 0.2) is 35.0 Å². The number of anilines is 1. The first kappa shape index (κ1) is 16.0. The third-order valence-electron chi connectivity index (χ3n) is 3.32. The first-order valence-corrected chi connectivity index (χ1v) is 8.22. The minimum atomic E-state index is -0.156. The maximum absolute atomic E-state index is 14.2. The maximum Gasteiger partial charge on any atom is 0.146 e. The Bertz CT molecular complexity index is 552. The van der Waals surface area contributed by atoms with E-state index in [2.05, 4.69) is 36.0 Å². The average Bonchev–Trinajstić information content (AvgIpc) is 2.91. The third-order valence-corrected chi connectivity index (χ3v) is 4.05. The molecular formula is C17H23FN2S. The molecule has 0 unspecified atom stereocenters. The summed E-state index contributed by atoms with van der Waals surface area (Å²) in [5.41, 5.74) is 2.92. The van der Waals surface area contributed by atoms with Gasteiger partial charge in [0.05, 0.1) is 5.69 Å². The molecule has 21 heavy (non-hydrogen) atoms. The summed E-state index contributed by atoms with van der Waals surface area (Å²) < 4.78 is 14.2. The average molecular weight is 306 g/mol. The summed E-state index contributed by atoms with van der Waals surface area (Å²) in [6.45, 7) is 6.69. The van der Waals surface area contributed by atoms with Crippen molar-refractivity contribution in [3.63, 3.8) is 0 Å². The molecule has 0 aliphatic heterocycles. The molecule has 0 atom stereocenters. The van der Waals surface area contributed by atoms with Crippen molar-refractivity contribution in [3.05, 3.63) is 52.0 Å². The van der Waals surface area contributed by atoms with Gasteiger partial charge in [-0.1, -0.05) is 26.0 Å². The van der Waals surface area contributed by atoms with E-state index in [1.807, 2.05) is 18.0 Å². The lowest BCUT2D eigenvalue weighted by Gasteiger charge is -2.23. The van der Waals surface area contributed by atoms with E-state index in [0.717, 1.165) is 18.7 Å². The van der Waals surface area contributed by atoms with Gasteiger partial charge in [0, 0.05) is 20.1 Å². The van der Waals surface area contributed by atoms with Crippen LogP contribution in [-0.4, -0.2) is 13.6 Å². The Hall–Kier alpha value is -1.39. The Morgan fingerprint density at radius 1 is 1.29 bits per heavy atom. The van der Waals surface area contributed by atoms with Gasteiger partial charge in [0.15, 0.2) is 0 Å². The fraction of sp³-hybridized carbons (Fsp3) is 0.412. The molecule has 0 fully saturated rings. The van der Waals surface area contributed by atoms with E-state index in [1.54, 1.807) is 17.4 Å². The number of nitrogens with one attached hydrogen (secondary N) is 1. The predicted octanol–water partition coefficient (Wildman–Crippen LogP) is 4.27. The molecule has 114 valence electrons. The first-order chi connectivity index (χ1) is 10.1. The summed E-state index contributed by atoms with van der Waals surface area (Å²) in [6.07, 6.45) is 0. The number of rotatable bonds is 7. The molecule has 0 saturated heterocycles. The summed E-state index contributed by atoms with van der Waals surface area (Å²) in [6, 6.07) is 7.39. The molecule has 2 nitrogen and oxygen atoms in total. The highest BCUT2D eigenvalue weighted by atomic mass is 32.1. The second kappa shape index (κ2) is 7.57. The lowest BCUT2D eigenvalue weighted by atomic mass is 10.1. The Labute approximate surface area is 130 Å². The summed E-state index contributed by atoms with van der Waals surface area (Å²) in [5.74, 6) is 0.433. The van der Waals surface area contributed by atoms with Gasteiger partial charge in [0.25, 0.3) is 0 Å². The van der Waals surface area contributed by atoms with Crippen molar-refractivity contribution in [2.75, 3.05) is 18.5 Å². The minimum Gasteiger partial charge on any atom is -0.368 e. The van der Waals surface area contributed by atoms with E-state index in [4.69, 9.17) is 0 Å². The Morgan fingerprint density at radius 3 is 2.76 bits per heavy atom. The second-order valence-corrected chi connectivity index (χ2v) is 6.54. The van der Waals surface area contributed by atoms with Gasteiger partial charge in [0.2, 0.25) is 0 Å². The number of benzene rings is 1. The van der Waals surface area contributed by atoms with Crippen LogP contribution < -0.4 is 10.2 Å². The molecule has 0 spiro atoms. The van der Waals surface area contributed by atoms with Gasteiger partial charge < -0.3 is 10.2 Å². The number of nitrogens with zero attached hydrogens (tertiary/aromatic N) is 1. The molecule has 4 heteroatoms. The lowest BCUT2D eigenvalue weighted by Crippen LogP contribution is -2.23. The van der Waals surface area contributed by atoms with Crippen LogP contribution in [0.3, 0.4) is 0 Å². The van der Waals surface area contributed by atoms with Gasteiger partial charge in [-0.2, -0.15) is 11.3 Å². The van der Waals surface area contributed by atoms with Crippen LogP contribution in [0.5, 0.6) is 0 Å². The van der Waals surface area contributed by atoms with E-state index in [9.17, 15) is 4.39 Å². The SMILES string of the molecule is CC(C)CNCc1cccc(F)c1N(C)Cc1ccsc1. The Balaban J connectivity index is 2.12. The monoisotopic (exact) mass is 306 g/mol. The van der Waals surface area contributed by atoms with E-state index < -0.39 is 0 Å². The van der Waals surface area contributed by atoms with Crippen molar-refractivity contribution in [1.29, 1.82) is 0 Å². The van der Waals surface area contributed by atoms with E-state index in [-0.39, 0.29) is 5.82 Å². The van der Waals surface area contributed by atoms with Gasteiger partial charge in [-0.15, -0.1) is 0 Å². The maximum atomic E-state index is 14.2. The molecular weight excluding hydrogens is 283 g/mol. The minimum absolute atomic E-state index is 0.156. The summed E-state index contributed by atoms with van der Waals surface area (Å²) in [7, 11) is 1.95. The van der Waals surface area contributed by atoms with E-state index in [1.165, 1.54) is 11.6 Å². The zero-order valence-corrected chi connectivity index (χ0v) is 13.7. The van der Waals surface area contributed by atoms with Gasteiger partial charge in [-0.05, 0) is 46.5 Å². The summed E-state index contributed by atoms with van der Waals surface area (Å²) in [4.78, 5) is 1.99. The number of hydrogen-bond donors (Lipinski definition) is 1. The predicted molar refractivity (Wildman–Crippen MR) is 89.4 cm³/mol. The number of halogens is 1. The normalized spacial score (nSPS) is 11.1. The van der Waals surface area contributed by atoms with Crippen LogP contribution in [0.2, 0.25) is 0 Å². The topological polar surface area (TPSA) is 15.3 Å². The second-order valence-electron chi connectivity index (χ2n) is 5.76. The van der Waals surface area contributed by atoms with Gasteiger partial charge in [0.1, 0.15) is 5.82 Å². The van der Waals surface area contributed by atoms with Crippen LogP contribution in [-0.2, 0) is 13.1 Å². The highest BCUT2D eigenvalue weighted by molar-refractivity contribution is 7.07. The summed E-state index contributed by atoms with van der Waals surface area (Å²) >= 11 is 1.67. The van der Waals surface area contributed by atoms with Gasteiger partial charge >= 0.3 is 0 Å². The Morgan fingerprint density at radius 2 is 2.10 bits per heavy atom. The molecule has 2 rings (SSSR count). The molecule has 0 bridgehead atoms. The largest absolute Gasteiger partial charge is 0.368 e. The quantitative estimate of drug-likeness (QED) is 0.822. The standard InChI is InChI=1S/C17H23FN2S/c1-13(2)9-19-10-15-5-4-6-16(18)17(15)20(3)11-14-7-8-21-12-14/h4-8,12-13,19H,9-11H2,1-3H3. The van der Waals surface area contributed by atoms with E-state index >= 15 is 0 Å². The van der Waals surface area contributed by atoms with Gasteiger partial charge in [-0.25, -0.2) is 4.39 Å². The van der Waals surface area contributed by atoms with Crippen molar-refractivity contribution in [2.45, 2.75) is 26.9 Å². The lowest BCUT2D eigenvalue weighted by molar-refractivity contribution is 0.549. The molecule has 0 saturated carbocycles. The first-order valence-electron chi connectivity index (χ1n) is 7.28. The summed E-state index contributed by atoms with van der Waals surface area (Å²) in [5, 5.41) is 7.55. The molecule has 2 aromatic rings. The molecule has 1 N–H and O–H groups in total. The van der Waals surface area contributed by atoms with Crippen molar-refractivity contribution in [3.8, 4) is 0 Å².